The first-order valence-corrected chi connectivity index (χ1v) is 13.3. The number of ether oxygens (including phenoxy) is 1. The maximum absolute atomic E-state index is 5.45. The van der Waals surface area contributed by atoms with Crippen molar-refractivity contribution in [1.29, 1.82) is 0 Å². The van der Waals surface area contributed by atoms with Crippen molar-refractivity contribution in [2.75, 3.05) is 7.11 Å². The maximum Gasteiger partial charge on any atom is 0.119 e. The second-order valence-corrected chi connectivity index (χ2v) is 8.72. The van der Waals surface area contributed by atoms with E-state index in [2.05, 4.69) is 44.7 Å². The molecule has 4 rings (SSSR count). The van der Waals surface area contributed by atoms with Crippen LogP contribution in [0.2, 0.25) is 0 Å². The van der Waals surface area contributed by atoms with Gasteiger partial charge in [0.15, 0.2) is 0 Å². The fourth-order valence-corrected chi connectivity index (χ4v) is 6.64. The van der Waals surface area contributed by atoms with Gasteiger partial charge in [0, 0.05) is 0 Å². The molecule has 0 saturated heterocycles. The van der Waals surface area contributed by atoms with Crippen LogP contribution in [-0.4, -0.2) is 12.6 Å². The quantitative estimate of drug-likeness (QED) is 0.416. The van der Waals surface area contributed by atoms with Crippen molar-refractivity contribution >= 4 is 0 Å². The standard InChI is InChI=1S/C22H30O.4C2H6.H2O/c1-5-22-11-8-16-13-17(23-4)6-7-18(16)19(22)9-10-21(3)14-15(2)12-20(21)22;4*1-2;/h5-7,13,15,19-20H,1,8-12,14H2,2-4H3;4*1-2H3;1H2/t15?,19?,20?,21-,22-;;;;;/m1...../s1. The fraction of sp³-hybridized carbons (Fsp3) is 0.733. The summed E-state index contributed by atoms with van der Waals surface area (Å²) < 4.78 is 5.45. The number of hydrogen-bond acceptors (Lipinski definition) is 1. The molecule has 0 amide bonds. The van der Waals surface area contributed by atoms with E-state index in [1.807, 2.05) is 55.4 Å². The number of methoxy groups -OCH3 is 1. The predicted molar refractivity (Wildman–Crippen MR) is 145 cm³/mol. The van der Waals surface area contributed by atoms with E-state index in [0.29, 0.717) is 16.7 Å². The normalized spacial score (nSPS) is 30.7. The lowest BCUT2D eigenvalue weighted by atomic mass is 9.47. The van der Waals surface area contributed by atoms with Crippen molar-refractivity contribution < 1.29 is 10.2 Å². The SMILES string of the molecule is C=C[C@@]12CCc3cc(OC)ccc3C1CC[C@]1(C)CC(C)CC12.CC.CC.CC.CC.O. The molecular formula is C30H56O2. The van der Waals surface area contributed by atoms with Crippen LogP contribution in [0.4, 0.5) is 0 Å². The summed E-state index contributed by atoms with van der Waals surface area (Å²) in [6.07, 6.45) is 10.3. The molecule has 5 atom stereocenters. The molecule has 0 heterocycles. The Hall–Kier alpha value is -1.28. The van der Waals surface area contributed by atoms with Gasteiger partial charge in [-0.1, -0.05) is 81.4 Å². The number of aryl methyl sites for hydroxylation is 1. The topological polar surface area (TPSA) is 40.7 Å². The Morgan fingerprint density at radius 3 is 2.12 bits per heavy atom. The Bertz CT molecular complexity index is 638. The molecule has 0 aromatic heterocycles. The van der Waals surface area contributed by atoms with Crippen LogP contribution in [0.3, 0.4) is 0 Å². The number of benzene rings is 1. The van der Waals surface area contributed by atoms with Crippen LogP contribution in [0.1, 0.15) is 118 Å². The van der Waals surface area contributed by atoms with Crippen LogP contribution in [0.25, 0.3) is 0 Å². The number of rotatable bonds is 2. The van der Waals surface area contributed by atoms with Crippen LogP contribution < -0.4 is 4.74 Å². The summed E-state index contributed by atoms with van der Waals surface area (Å²) in [4.78, 5) is 0. The third kappa shape index (κ3) is 6.19. The average molecular weight is 449 g/mol. The van der Waals surface area contributed by atoms with Crippen LogP contribution in [-0.2, 0) is 6.42 Å². The molecule has 3 unspecified atom stereocenters. The first-order valence-electron chi connectivity index (χ1n) is 13.3. The highest BCUT2D eigenvalue weighted by Gasteiger charge is 2.58. The smallest absolute Gasteiger partial charge is 0.119 e. The molecule has 2 N–H and O–H groups in total. The summed E-state index contributed by atoms with van der Waals surface area (Å²) in [5.74, 6) is 3.36. The second kappa shape index (κ2) is 15.5. The highest BCUT2D eigenvalue weighted by Crippen LogP contribution is 2.68. The highest BCUT2D eigenvalue weighted by molar-refractivity contribution is 5.43. The molecule has 188 valence electrons. The largest absolute Gasteiger partial charge is 0.497 e. The Morgan fingerprint density at radius 2 is 1.59 bits per heavy atom. The Balaban J connectivity index is 0. The van der Waals surface area contributed by atoms with Gasteiger partial charge in [-0.25, -0.2) is 0 Å². The van der Waals surface area contributed by atoms with Gasteiger partial charge in [-0.3, -0.25) is 0 Å². The van der Waals surface area contributed by atoms with E-state index in [1.54, 1.807) is 12.7 Å². The van der Waals surface area contributed by atoms with Crippen molar-refractivity contribution in [2.45, 2.75) is 114 Å². The number of hydrogen-bond donors (Lipinski definition) is 0. The molecule has 2 fully saturated rings. The summed E-state index contributed by atoms with van der Waals surface area (Å²) in [6.45, 7) is 25.4. The molecule has 3 aliphatic carbocycles. The summed E-state index contributed by atoms with van der Waals surface area (Å²) in [5, 5.41) is 0. The fourth-order valence-electron chi connectivity index (χ4n) is 6.64. The maximum atomic E-state index is 5.45. The lowest BCUT2D eigenvalue weighted by Crippen LogP contribution is -2.47. The Kier molecular flexibility index (Phi) is 16.0. The van der Waals surface area contributed by atoms with E-state index in [0.717, 1.165) is 17.6 Å². The van der Waals surface area contributed by atoms with E-state index >= 15 is 0 Å². The lowest BCUT2D eigenvalue weighted by molar-refractivity contribution is 0.00457. The van der Waals surface area contributed by atoms with E-state index in [-0.39, 0.29) is 5.48 Å². The van der Waals surface area contributed by atoms with Crippen molar-refractivity contribution in [3.63, 3.8) is 0 Å². The molecule has 2 nitrogen and oxygen atoms in total. The van der Waals surface area contributed by atoms with Crippen molar-refractivity contribution in [2.24, 2.45) is 22.7 Å². The predicted octanol–water partition coefficient (Wildman–Crippen LogP) is 9.02. The van der Waals surface area contributed by atoms with E-state index in [9.17, 15) is 0 Å². The van der Waals surface area contributed by atoms with Gasteiger partial charge in [0.05, 0.1) is 7.11 Å². The van der Waals surface area contributed by atoms with Gasteiger partial charge in [0.25, 0.3) is 0 Å². The molecule has 0 spiro atoms. The monoisotopic (exact) mass is 448 g/mol. The van der Waals surface area contributed by atoms with Crippen molar-refractivity contribution in [1.82, 2.24) is 0 Å². The minimum atomic E-state index is 0. The number of allylic oxidation sites excluding steroid dienone is 1. The molecular weight excluding hydrogens is 392 g/mol. The minimum absolute atomic E-state index is 0. The van der Waals surface area contributed by atoms with Crippen LogP contribution in [0.15, 0.2) is 30.9 Å². The minimum Gasteiger partial charge on any atom is -0.497 e. The summed E-state index contributed by atoms with van der Waals surface area (Å²) in [7, 11) is 1.77. The summed E-state index contributed by atoms with van der Waals surface area (Å²) in [5.41, 5.74) is 3.95. The van der Waals surface area contributed by atoms with Gasteiger partial charge in [0.2, 0.25) is 0 Å². The second-order valence-electron chi connectivity index (χ2n) is 8.72. The zero-order valence-electron chi connectivity index (χ0n) is 23.4. The summed E-state index contributed by atoms with van der Waals surface area (Å²) in [6, 6.07) is 6.77. The molecule has 2 saturated carbocycles. The molecule has 0 radical (unpaired) electrons. The van der Waals surface area contributed by atoms with Gasteiger partial charge >= 0.3 is 0 Å². The molecule has 1 aromatic carbocycles. The van der Waals surface area contributed by atoms with Gasteiger partial charge in [-0.05, 0) is 90.4 Å². The third-order valence-corrected chi connectivity index (χ3v) is 7.53. The van der Waals surface area contributed by atoms with Gasteiger partial charge < -0.3 is 10.2 Å². The van der Waals surface area contributed by atoms with E-state index in [1.165, 1.54) is 44.1 Å². The molecule has 32 heavy (non-hydrogen) atoms. The molecule has 0 aliphatic heterocycles. The molecule has 0 bridgehead atoms. The van der Waals surface area contributed by atoms with Crippen LogP contribution in [0.5, 0.6) is 5.75 Å². The third-order valence-electron chi connectivity index (χ3n) is 7.53. The van der Waals surface area contributed by atoms with Gasteiger partial charge in [0.1, 0.15) is 5.75 Å². The Morgan fingerprint density at radius 1 is 1.00 bits per heavy atom. The van der Waals surface area contributed by atoms with Crippen molar-refractivity contribution in [3.05, 3.63) is 42.0 Å². The van der Waals surface area contributed by atoms with Crippen molar-refractivity contribution in [3.8, 4) is 5.75 Å². The van der Waals surface area contributed by atoms with Gasteiger partial charge in [-0.15, -0.1) is 6.58 Å². The first kappa shape index (κ1) is 32.9. The zero-order chi connectivity index (χ0) is 24.2. The zero-order valence-corrected chi connectivity index (χ0v) is 23.4. The Labute approximate surface area is 201 Å². The van der Waals surface area contributed by atoms with E-state index in [4.69, 9.17) is 4.74 Å². The van der Waals surface area contributed by atoms with Crippen LogP contribution in [0, 0.1) is 22.7 Å². The number of fused-ring (bicyclic) bond motifs is 5. The molecule has 2 heteroatoms. The molecule has 3 aliphatic rings. The highest BCUT2D eigenvalue weighted by atomic mass is 16.5. The van der Waals surface area contributed by atoms with Gasteiger partial charge in [-0.2, -0.15) is 0 Å². The van der Waals surface area contributed by atoms with E-state index < -0.39 is 0 Å². The average Bonchev–Trinajstić information content (AvgIpc) is 3.18. The summed E-state index contributed by atoms with van der Waals surface area (Å²) >= 11 is 0. The first-order chi connectivity index (χ1) is 15.0. The lowest BCUT2D eigenvalue weighted by Gasteiger charge is -2.56. The van der Waals surface area contributed by atoms with Crippen LogP contribution >= 0.6 is 0 Å². The molecule has 1 aromatic rings.